The van der Waals surface area contributed by atoms with Crippen LogP contribution in [-0.2, 0) is 0 Å². The lowest BCUT2D eigenvalue weighted by molar-refractivity contribution is 0.111. The van der Waals surface area contributed by atoms with E-state index >= 15 is 0 Å². The first-order valence-corrected chi connectivity index (χ1v) is 9.10. The second-order valence-electron chi connectivity index (χ2n) is 6.72. The predicted molar refractivity (Wildman–Crippen MR) is 114 cm³/mol. The van der Waals surface area contributed by atoms with Gasteiger partial charge in [0.15, 0.2) is 6.29 Å². The van der Waals surface area contributed by atoms with Gasteiger partial charge in [-0.05, 0) is 60.8 Å². The van der Waals surface area contributed by atoms with Crippen molar-refractivity contribution in [2.75, 3.05) is 4.90 Å². The first-order chi connectivity index (χ1) is 13.7. The highest BCUT2D eigenvalue weighted by Gasteiger charge is 2.16. The fourth-order valence-electron chi connectivity index (χ4n) is 3.43. The number of hydrogen-bond donors (Lipinski definition) is 0. The lowest BCUT2D eigenvalue weighted by Gasteiger charge is -2.27. The monoisotopic (exact) mass is 365 g/mol. The molecule has 0 aliphatic heterocycles. The lowest BCUT2D eigenvalue weighted by Crippen LogP contribution is -2.11. The number of benzene rings is 4. The van der Waals surface area contributed by atoms with E-state index in [1.807, 2.05) is 60.7 Å². The Bertz CT molecular complexity index is 1150. The molecule has 0 heterocycles. The minimum absolute atomic E-state index is 0.633. The van der Waals surface area contributed by atoms with Gasteiger partial charge >= 0.3 is 0 Å². The number of aryl methyl sites for hydroxylation is 1. The highest BCUT2D eigenvalue weighted by Crippen LogP contribution is 2.39. The molecule has 0 bridgehead atoms. The molecule has 0 saturated carbocycles. The van der Waals surface area contributed by atoms with Gasteiger partial charge in [0, 0.05) is 27.9 Å². The Hall–Kier alpha value is -3.72. The molecule has 0 aromatic heterocycles. The summed E-state index contributed by atoms with van der Waals surface area (Å²) in [5, 5.41) is 1.91. The van der Waals surface area contributed by atoms with E-state index in [4.69, 9.17) is 0 Å². The molecule has 4 aromatic carbocycles. The SMILES string of the molecule is Cc1ccc(N(c2ccc(C=O)cc2)c2ccc(C=O)c3ccccc23)cc1. The summed E-state index contributed by atoms with van der Waals surface area (Å²) < 4.78 is 0. The second kappa shape index (κ2) is 7.49. The van der Waals surface area contributed by atoms with Crippen LogP contribution in [-0.4, -0.2) is 12.6 Å². The number of carbonyl (C=O) groups is 2. The third-order valence-corrected chi connectivity index (χ3v) is 4.88. The van der Waals surface area contributed by atoms with Crippen LogP contribution in [0.5, 0.6) is 0 Å². The second-order valence-corrected chi connectivity index (χ2v) is 6.72. The number of nitrogens with zero attached hydrogens (tertiary/aromatic N) is 1. The van der Waals surface area contributed by atoms with Crippen molar-refractivity contribution in [1.82, 2.24) is 0 Å². The third kappa shape index (κ3) is 3.19. The van der Waals surface area contributed by atoms with Crippen LogP contribution in [0.4, 0.5) is 17.1 Å². The van der Waals surface area contributed by atoms with E-state index in [9.17, 15) is 9.59 Å². The Labute approximate surface area is 163 Å². The smallest absolute Gasteiger partial charge is 0.150 e. The van der Waals surface area contributed by atoms with Crippen LogP contribution in [0, 0.1) is 6.92 Å². The highest BCUT2D eigenvalue weighted by molar-refractivity contribution is 6.06. The van der Waals surface area contributed by atoms with Crippen molar-refractivity contribution in [2.24, 2.45) is 0 Å². The van der Waals surface area contributed by atoms with E-state index in [1.54, 1.807) is 0 Å². The summed E-state index contributed by atoms with van der Waals surface area (Å²) in [7, 11) is 0. The van der Waals surface area contributed by atoms with Crippen molar-refractivity contribution in [2.45, 2.75) is 6.92 Å². The minimum atomic E-state index is 0.633. The van der Waals surface area contributed by atoms with Gasteiger partial charge in [0.05, 0.1) is 5.69 Å². The standard InChI is InChI=1S/C25H19NO2/c1-18-6-11-21(12-7-18)26(22-13-8-19(16-27)9-14-22)25-15-10-20(17-28)23-4-2-3-5-24(23)25/h2-17H,1H3. The summed E-state index contributed by atoms with van der Waals surface area (Å²) >= 11 is 0. The van der Waals surface area contributed by atoms with Crippen molar-refractivity contribution >= 4 is 40.4 Å². The van der Waals surface area contributed by atoms with Crippen molar-refractivity contribution in [3.8, 4) is 0 Å². The van der Waals surface area contributed by atoms with E-state index in [0.717, 1.165) is 40.4 Å². The predicted octanol–water partition coefficient (Wildman–Crippen LogP) is 6.24. The van der Waals surface area contributed by atoms with Gasteiger partial charge in [0.2, 0.25) is 0 Å². The van der Waals surface area contributed by atoms with E-state index < -0.39 is 0 Å². The zero-order valence-corrected chi connectivity index (χ0v) is 15.5. The molecule has 3 nitrogen and oxygen atoms in total. The van der Waals surface area contributed by atoms with E-state index in [-0.39, 0.29) is 0 Å². The fourth-order valence-corrected chi connectivity index (χ4v) is 3.43. The molecule has 0 amide bonds. The van der Waals surface area contributed by atoms with Crippen LogP contribution < -0.4 is 4.90 Å². The molecule has 0 aliphatic rings. The van der Waals surface area contributed by atoms with Crippen LogP contribution in [0.2, 0.25) is 0 Å². The number of anilines is 3. The molecule has 0 saturated heterocycles. The molecule has 3 heteroatoms. The molecule has 0 fully saturated rings. The van der Waals surface area contributed by atoms with E-state index in [0.29, 0.717) is 11.1 Å². The minimum Gasteiger partial charge on any atom is -0.310 e. The molecule has 28 heavy (non-hydrogen) atoms. The first-order valence-electron chi connectivity index (χ1n) is 9.10. The Balaban J connectivity index is 1.98. The average Bonchev–Trinajstić information content (AvgIpc) is 2.76. The molecule has 0 aliphatic carbocycles. The Morgan fingerprint density at radius 1 is 0.643 bits per heavy atom. The lowest BCUT2D eigenvalue weighted by atomic mass is 10.0. The van der Waals surface area contributed by atoms with E-state index in [1.165, 1.54) is 5.56 Å². The van der Waals surface area contributed by atoms with Gasteiger partial charge in [-0.3, -0.25) is 9.59 Å². The molecular weight excluding hydrogens is 346 g/mol. The Morgan fingerprint density at radius 2 is 1.25 bits per heavy atom. The number of rotatable bonds is 5. The van der Waals surface area contributed by atoms with Crippen molar-refractivity contribution in [3.05, 3.63) is 102 Å². The number of hydrogen-bond acceptors (Lipinski definition) is 3. The zero-order valence-electron chi connectivity index (χ0n) is 15.5. The van der Waals surface area contributed by atoms with Gasteiger partial charge in [-0.25, -0.2) is 0 Å². The van der Waals surface area contributed by atoms with Gasteiger partial charge in [0.25, 0.3) is 0 Å². The molecule has 4 aromatic rings. The van der Waals surface area contributed by atoms with E-state index in [2.05, 4.69) is 36.1 Å². The van der Waals surface area contributed by atoms with Crippen LogP contribution in [0.15, 0.2) is 84.9 Å². The first kappa shape index (κ1) is 17.7. The summed E-state index contributed by atoms with van der Waals surface area (Å²) in [4.78, 5) is 24.7. The highest BCUT2D eigenvalue weighted by atomic mass is 16.1. The van der Waals surface area contributed by atoms with Gasteiger partial charge in [0.1, 0.15) is 6.29 Å². The van der Waals surface area contributed by atoms with Crippen molar-refractivity contribution in [3.63, 3.8) is 0 Å². The number of carbonyl (C=O) groups excluding carboxylic acids is 2. The summed E-state index contributed by atoms with van der Waals surface area (Å²) in [6, 6.07) is 27.5. The van der Waals surface area contributed by atoms with Gasteiger partial charge in [-0.15, -0.1) is 0 Å². The Kier molecular flexibility index (Phi) is 4.73. The quantitative estimate of drug-likeness (QED) is 0.393. The molecule has 0 atom stereocenters. The number of aldehydes is 2. The summed E-state index contributed by atoms with van der Waals surface area (Å²) in [6.07, 6.45) is 1.73. The molecule has 0 spiro atoms. The Morgan fingerprint density at radius 3 is 1.86 bits per heavy atom. The van der Waals surface area contributed by atoms with Crippen LogP contribution in [0.3, 0.4) is 0 Å². The maximum absolute atomic E-state index is 11.5. The maximum Gasteiger partial charge on any atom is 0.150 e. The number of fused-ring (bicyclic) bond motifs is 1. The molecular formula is C25H19NO2. The summed E-state index contributed by atoms with van der Waals surface area (Å²) in [5.41, 5.74) is 5.41. The summed E-state index contributed by atoms with van der Waals surface area (Å²) in [5.74, 6) is 0. The molecule has 0 radical (unpaired) electrons. The van der Waals surface area contributed by atoms with Crippen molar-refractivity contribution < 1.29 is 9.59 Å². The summed E-state index contributed by atoms with van der Waals surface area (Å²) in [6.45, 7) is 2.06. The van der Waals surface area contributed by atoms with Crippen LogP contribution in [0.1, 0.15) is 26.3 Å². The normalized spacial score (nSPS) is 10.6. The van der Waals surface area contributed by atoms with Crippen molar-refractivity contribution in [1.29, 1.82) is 0 Å². The van der Waals surface area contributed by atoms with Gasteiger partial charge in [-0.1, -0.05) is 42.0 Å². The molecule has 0 unspecified atom stereocenters. The van der Waals surface area contributed by atoms with Crippen LogP contribution >= 0.6 is 0 Å². The fraction of sp³-hybridized carbons (Fsp3) is 0.0400. The van der Waals surface area contributed by atoms with Gasteiger partial charge < -0.3 is 4.90 Å². The topological polar surface area (TPSA) is 37.4 Å². The molecule has 136 valence electrons. The molecule has 0 N–H and O–H groups in total. The van der Waals surface area contributed by atoms with Gasteiger partial charge in [-0.2, -0.15) is 0 Å². The van der Waals surface area contributed by atoms with Crippen LogP contribution in [0.25, 0.3) is 10.8 Å². The largest absolute Gasteiger partial charge is 0.310 e. The zero-order chi connectivity index (χ0) is 19.5. The maximum atomic E-state index is 11.5. The third-order valence-electron chi connectivity index (χ3n) is 4.88. The average molecular weight is 365 g/mol. The molecule has 4 rings (SSSR count).